The second kappa shape index (κ2) is 12.3. The van der Waals surface area contributed by atoms with Crippen molar-refractivity contribution in [3.8, 4) is 0 Å². The third-order valence-electron chi connectivity index (χ3n) is 8.56. The first-order valence-corrected chi connectivity index (χ1v) is 21.4. The minimum absolute atomic E-state index is 0. The van der Waals surface area contributed by atoms with Gasteiger partial charge in [0.25, 0.3) is 0 Å². The largest absolute Gasteiger partial charge is 1.00 e. The first kappa shape index (κ1) is 28.1. The maximum absolute atomic E-state index is 2.65. The molecule has 0 saturated heterocycles. The molecule has 0 fully saturated rings. The van der Waals surface area contributed by atoms with Crippen molar-refractivity contribution in [2.75, 3.05) is 0 Å². The SMILES string of the molecule is CC1=CC2=C(CCCC2)[CH]1[Zr+2]([CH]1C(C)=CC2=C1CCCC2)=[Si](c1ccccc1)c1ccccc1.[Cl-].[Cl-]. The minimum Gasteiger partial charge on any atom is -1.00 e. The van der Waals surface area contributed by atoms with Gasteiger partial charge in [0.1, 0.15) is 0 Å². The summed E-state index contributed by atoms with van der Waals surface area (Å²) in [5, 5.41) is 3.34. The molecule has 4 aliphatic rings. The van der Waals surface area contributed by atoms with E-state index in [4.69, 9.17) is 0 Å². The van der Waals surface area contributed by atoms with Crippen molar-refractivity contribution < 1.29 is 45.2 Å². The zero-order chi connectivity index (χ0) is 23.1. The van der Waals surface area contributed by atoms with Crippen molar-refractivity contribution in [3.05, 3.63) is 106 Å². The number of benzene rings is 2. The molecule has 0 nitrogen and oxygen atoms in total. The van der Waals surface area contributed by atoms with Crippen molar-refractivity contribution in [2.45, 2.75) is 72.5 Å². The summed E-state index contributed by atoms with van der Waals surface area (Å²) in [6.45, 7) is 5.01. The van der Waals surface area contributed by atoms with Crippen molar-refractivity contribution in [2.24, 2.45) is 0 Å². The fraction of sp³-hybridized carbons (Fsp3) is 0.375. The molecule has 0 N–H and O–H groups in total. The van der Waals surface area contributed by atoms with Gasteiger partial charge in [-0.3, -0.25) is 0 Å². The van der Waals surface area contributed by atoms with Crippen LogP contribution in [-0.2, 0) is 20.4 Å². The molecule has 0 heterocycles. The van der Waals surface area contributed by atoms with Crippen LogP contribution in [0.4, 0.5) is 0 Å². The molecule has 0 radical (unpaired) electrons. The number of allylic oxidation sites excluding steroid dienone is 8. The van der Waals surface area contributed by atoms with Gasteiger partial charge in [0.05, 0.1) is 0 Å². The molecule has 0 aromatic heterocycles. The smallest absolute Gasteiger partial charge is 1.00 e. The maximum Gasteiger partial charge on any atom is -1.00 e. The van der Waals surface area contributed by atoms with E-state index >= 15 is 0 Å². The van der Waals surface area contributed by atoms with Gasteiger partial charge in [0, 0.05) is 0 Å². The first-order chi connectivity index (χ1) is 16.7. The van der Waals surface area contributed by atoms with E-state index in [0.717, 1.165) is 7.25 Å². The molecular weight excluding hydrogens is 575 g/mol. The van der Waals surface area contributed by atoms with Crippen LogP contribution in [0.2, 0.25) is 7.25 Å². The average molecular weight is 611 g/mol. The van der Waals surface area contributed by atoms with Crippen LogP contribution in [-0.4, -0.2) is 5.43 Å². The summed E-state index contributed by atoms with van der Waals surface area (Å²) in [5.41, 5.74) is 9.91. The topological polar surface area (TPSA) is 0 Å². The van der Waals surface area contributed by atoms with E-state index in [0.29, 0.717) is 0 Å². The molecule has 0 bridgehead atoms. The van der Waals surface area contributed by atoms with Gasteiger partial charge in [-0.05, 0) is 0 Å². The molecule has 2 unspecified atom stereocenters. The van der Waals surface area contributed by atoms with E-state index < -0.39 is 25.8 Å². The van der Waals surface area contributed by atoms with Gasteiger partial charge in [-0.15, -0.1) is 0 Å². The molecule has 2 atom stereocenters. The molecular formula is C32H36Cl2SiZr. The van der Waals surface area contributed by atoms with Crippen LogP contribution in [0.25, 0.3) is 0 Å². The molecule has 2 aromatic rings. The van der Waals surface area contributed by atoms with E-state index in [2.05, 4.69) is 86.7 Å². The Bertz CT molecular complexity index is 1170. The van der Waals surface area contributed by atoms with E-state index in [9.17, 15) is 0 Å². The maximum atomic E-state index is 2.65. The van der Waals surface area contributed by atoms with Crippen molar-refractivity contribution in [3.63, 3.8) is 0 Å². The van der Waals surface area contributed by atoms with Crippen molar-refractivity contribution >= 4 is 15.8 Å². The van der Waals surface area contributed by atoms with Gasteiger partial charge in [-0.1, -0.05) is 0 Å². The Morgan fingerprint density at radius 2 is 0.972 bits per heavy atom. The van der Waals surface area contributed by atoms with Crippen LogP contribution in [0.5, 0.6) is 0 Å². The quantitative estimate of drug-likeness (QED) is 0.463. The molecule has 186 valence electrons. The predicted octanol–water partition coefficient (Wildman–Crippen LogP) is 1.66. The Balaban J connectivity index is 0.00000152. The van der Waals surface area contributed by atoms with E-state index in [1.165, 1.54) is 51.4 Å². The number of hydrogen-bond donors (Lipinski definition) is 0. The van der Waals surface area contributed by atoms with E-state index in [1.807, 2.05) is 11.1 Å². The van der Waals surface area contributed by atoms with Crippen LogP contribution < -0.4 is 35.2 Å². The summed E-state index contributed by atoms with van der Waals surface area (Å²) in [6, 6.07) is 23.6. The second-order valence-corrected chi connectivity index (χ2v) is 24.8. The van der Waals surface area contributed by atoms with Crippen LogP contribution in [0.15, 0.2) is 106 Å². The summed E-state index contributed by atoms with van der Waals surface area (Å²) in [5.74, 6) is 0. The van der Waals surface area contributed by atoms with E-state index in [-0.39, 0.29) is 24.8 Å². The summed E-state index contributed by atoms with van der Waals surface area (Å²) >= 11 is -2.19. The standard InChI is InChI=1S/C12H10Si.2C10H13.2ClH.Zr/c1-3-7-11(8-4-1)13-12-9-5-2-6-10-12;2*1-8-6-9-4-2-3-5-10(9)7-8;;;/h1-10H;2*6-7H,2-5H2,1H3;2*1H;/q;;;;;+2/p-2. The monoisotopic (exact) mass is 608 g/mol. The van der Waals surface area contributed by atoms with Gasteiger partial charge in [-0.2, -0.15) is 0 Å². The molecule has 6 rings (SSSR count). The number of halogens is 2. The van der Waals surface area contributed by atoms with Gasteiger partial charge in [0.2, 0.25) is 0 Å². The molecule has 0 amide bonds. The average Bonchev–Trinajstić information content (AvgIpc) is 3.39. The second-order valence-electron chi connectivity index (χ2n) is 10.7. The number of rotatable bonds is 4. The van der Waals surface area contributed by atoms with Crippen LogP contribution in [0, 0.1) is 0 Å². The van der Waals surface area contributed by atoms with Gasteiger partial charge < -0.3 is 24.8 Å². The molecule has 0 spiro atoms. The van der Waals surface area contributed by atoms with Crippen LogP contribution >= 0.6 is 0 Å². The molecule has 0 aliphatic heterocycles. The Morgan fingerprint density at radius 1 is 0.583 bits per heavy atom. The third-order valence-corrected chi connectivity index (χ3v) is 29.9. The zero-order valence-corrected chi connectivity index (χ0v) is 26.5. The number of hydrogen-bond acceptors (Lipinski definition) is 0. The zero-order valence-electron chi connectivity index (χ0n) is 21.5. The van der Waals surface area contributed by atoms with Crippen molar-refractivity contribution in [1.29, 1.82) is 0 Å². The summed E-state index contributed by atoms with van der Waals surface area (Å²) in [7, 11) is 0. The minimum atomic E-state index is -2.19. The van der Waals surface area contributed by atoms with Crippen LogP contribution in [0.3, 0.4) is 0 Å². The predicted molar refractivity (Wildman–Crippen MR) is 144 cm³/mol. The van der Waals surface area contributed by atoms with Gasteiger partial charge in [0.15, 0.2) is 0 Å². The van der Waals surface area contributed by atoms with E-state index in [1.54, 1.807) is 32.7 Å². The Morgan fingerprint density at radius 3 is 1.39 bits per heavy atom. The van der Waals surface area contributed by atoms with Gasteiger partial charge in [-0.25, -0.2) is 0 Å². The third kappa shape index (κ3) is 5.18. The fourth-order valence-corrected chi connectivity index (χ4v) is 33.3. The van der Waals surface area contributed by atoms with Gasteiger partial charge >= 0.3 is 215 Å². The Kier molecular flexibility index (Phi) is 9.59. The van der Waals surface area contributed by atoms with Crippen LogP contribution in [0.1, 0.15) is 65.2 Å². The molecule has 4 aliphatic carbocycles. The summed E-state index contributed by atoms with van der Waals surface area (Å²) < 4.78 is 1.60. The molecule has 36 heavy (non-hydrogen) atoms. The summed E-state index contributed by atoms with van der Waals surface area (Å²) in [6.07, 6.45) is 16.3. The van der Waals surface area contributed by atoms with Crippen molar-refractivity contribution in [1.82, 2.24) is 0 Å². The fourth-order valence-electron chi connectivity index (χ4n) is 7.19. The summed E-state index contributed by atoms with van der Waals surface area (Å²) in [4.78, 5) is 0. The Hall–Kier alpha value is -0.920. The first-order valence-electron chi connectivity index (χ1n) is 13.4. The molecule has 0 saturated carbocycles. The molecule has 4 heteroatoms. The Labute approximate surface area is 238 Å². The molecule has 2 aromatic carbocycles. The normalized spacial score (nSPS) is 22.4.